The molecule has 0 spiro atoms. The third-order valence-corrected chi connectivity index (χ3v) is 8.13. The molecule has 1 saturated heterocycles. The lowest BCUT2D eigenvalue weighted by Crippen LogP contribution is -2.52. The summed E-state index contributed by atoms with van der Waals surface area (Å²) >= 11 is 0. The number of amides is 2. The standard InChI is InChI=1S/C30H35N3O4.C2HF3O2/c1-33-17-16-30(21-12-13-26(35-2)27(18-21)36-3)15-14-23(20-28(30)33)32-29(34)31-22-8-7-11-25(19-22)37-24-9-5-4-6-10-24;3-2(4,5)1(6)7/h4-13,18-19,23,28H,14-17,20H2,1-3H3,(H2,31,32,34);(H,6,7)/t23-,28+,30+;/m1./s1. The van der Waals surface area contributed by atoms with Gasteiger partial charge in [0, 0.05) is 29.3 Å². The minimum Gasteiger partial charge on any atom is -0.493 e. The summed E-state index contributed by atoms with van der Waals surface area (Å²) in [5.74, 6) is 0.183. The van der Waals surface area contributed by atoms with Crippen LogP contribution in [0.25, 0.3) is 0 Å². The number of nitrogens with zero attached hydrogens (tertiary/aromatic N) is 1. The third kappa shape index (κ3) is 7.73. The van der Waals surface area contributed by atoms with Crippen LogP contribution in [0, 0.1) is 0 Å². The van der Waals surface area contributed by atoms with E-state index < -0.39 is 12.1 Å². The molecule has 0 radical (unpaired) electrons. The molecule has 3 atom stereocenters. The highest BCUT2D eigenvalue weighted by Crippen LogP contribution is 2.49. The zero-order valence-corrected chi connectivity index (χ0v) is 24.7. The number of carbonyl (C=O) groups excluding carboxylic acids is 1. The first-order valence-corrected chi connectivity index (χ1v) is 14.1. The van der Waals surface area contributed by atoms with Gasteiger partial charge in [0.1, 0.15) is 11.5 Å². The zero-order valence-electron chi connectivity index (χ0n) is 24.7. The van der Waals surface area contributed by atoms with E-state index in [1.165, 1.54) is 5.56 Å². The van der Waals surface area contributed by atoms with E-state index >= 15 is 0 Å². The van der Waals surface area contributed by atoms with Crippen LogP contribution in [0.4, 0.5) is 23.7 Å². The molecule has 3 aromatic rings. The van der Waals surface area contributed by atoms with Crippen LogP contribution in [0.3, 0.4) is 0 Å². The summed E-state index contributed by atoms with van der Waals surface area (Å²) in [6.07, 6.45) is -1.17. The number of methoxy groups -OCH3 is 2. The number of likely N-dealkylation sites (tertiary alicyclic amines) is 1. The first kappa shape index (κ1) is 32.5. The van der Waals surface area contributed by atoms with Crippen molar-refractivity contribution in [2.45, 2.75) is 49.4 Å². The van der Waals surface area contributed by atoms with Gasteiger partial charge in [-0.05, 0) is 81.2 Å². The number of nitrogens with one attached hydrogen (secondary N) is 2. The highest BCUT2D eigenvalue weighted by Gasteiger charge is 2.50. The maximum absolute atomic E-state index is 12.9. The first-order valence-electron chi connectivity index (χ1n) is 14.1. The number of carboxylic acids is 1. The number of ether oxygens (including phenoxy) is 3. The number of rotatable bonds is 7. The molecular formula is C32H36F3N3O6. The summed E-state index contributed by atoms with van der Waals surface area (Å²) in [6, 6.07) is 23.6. The van der Waals surface area contributed by atoms with Crippen LogP contribution in [0.1, 0.15) is 31.2 Å². The van der Waals surface area contributed by atoms with E-state index in [9.17, 15) is 18.0 Å². The number of benzene rings is 3. The number of aliphatic carboxylic acids is 1. The van der Waals surface area contributed by atoms with Crippen molar-refractivity contribution in [1.82, 2.24) is 10.2 Å². The van der Waals surface area contributed by atoms with Crippen molar-refractivity contribution in [3.8, 4) is 23.0 Å². The Kier molecular flexibility index (Phi) is 10.3. The minimum atomic E-state index is -5.08. The van der Waals surface area contributed by atoms with Gasteiger partial charge in [-0.2, -0.15) is 13.2 Å². The summed E-state index contributed by atoms with van der Waals surface area (Å²) in [6.45, 7) is 1.03. The number of carboxylic acid groups (broad SMARTS) is 1. The van der Waals surface area contributed by atoms with Crippen molar-refractivity contribution in [2.24, 2.45) is 0 Å². The second-order valence-corrected chi connectivity index (χ2v) is 10.8. The Bertz CT molecular complexity index is 1440. The normalized spacial score (nSPS) is 21.2. The van der Waals surface area contributed by atoms with Crippen LogP contribution >= 0.6 is 0 Å². The number of hydrogen-bond donors (Lipinski definition) is 3. The molecule has 2 amide bonds. The van der Waals surface area contributed by atoms with E-state index in [1.54, 1.807) is 14.2 Å². The number of para-hydroxylation sites is 1. The first-order chi connectivity index (χ1) is 20.9. The Balaban J connectivity index is 0.000000566. The van der Waals surface area contributed by atoms with Crippen molar-refractivity contribution in [2.75, 3.05) is 33.1 Å². The van der Waals surface area contributed by atoms with Gasteiger partial charge in [0.15, 0.2) is 11.5 Å². The van der Waals surface area contributed by atoms with Crippen LogP contribution in [-0.4, -0.2) is 68.1 Å². The van der Waals surface area contributed by atoms with Crippen LogP contribution in [0.2, 0.25) is 0 Å². The summed E-state index contributed by atoms with van der Waals surface area (Å²) in [4.78, 5) is 24.3. The molecule has 0 unspecified atom stereocenters. The highest BCUT2D eigenvalue weighted by molar-refractivity contribution is 5.89. The molecule has 1 aliphatic carbocycles. The SMILES string of the molecule is COc1ccc([C@@]23CC[C@@H](NC(=O)Nc4cccc(Oc5ccccc5)c4)C[C@@H]2N(C)CC3)cc1OC.O=C(O)C(F)(F)F. The average molecular weight is 616 g/mol. The van der Waals surface area contributed by atoms with Gasteiger partial charge in [0.2, 0.25) is 0 Å². The van der Waals surface area contributed by atoms with Crippen molar-refractivity contribution in [3.63, 3.8) is 0 Å². The van der Waals surface area contributed by atoms with Crippen LogP contribution < -0.4 is 24.8 Å². The molecule has 236 valence electrons. The van der Waals surface area contributed by atoms with Gasteiger partial charge in [-0.25, -0.2) is 9.59 Å². The molecule has 1 aliphatic heterocycles. The lowest BCUT2D eigenvalue weighted by atomic mass is 9.65. The Morgan fingerprint density at radius 1 is 0.932 bits per heavy atom. The number of likely N-dealkylation sites (N-methyl/N-ethyl adjacent to an activating group) is 1. The van der Waals surface area contributed by atoms with Crippen LogP contribution in [0.15, 0.2) is 72.8 Å². The maximum Gasteiger partial charge on any atom is 0.490 e. The Labute approximate surface area is 253 Å². The molecule has 2 aliphatic rings. The molecule has 3 aromatic carbocycles. The van der Waals surface area contributed by atoms with E-state index in [4.69, 9.17) is 24.1 Å². The molecule has 9 nitrogen and oxygen atoms in total. The molecule has 1 saturated carbocycles. The molecule has 0 aromatic heterocycles. The monoisotopic (exact) mass is 615 g/mol. The van der Waals surface area contributed by atoms with Crippen molar-refractivity contribution in [3.05, 3.63) is 78.4 Å². The Morgan fingerprint density at radius 2 is 1.61 bits per heavy atom. The summed E-state index contributed by atoms with van der Waals surface area (Å²) in [7, 11) is 5.53. The van der Waals surface area contributed by atoms with E-state index in [0.717, 1.165) is 49.5 Å². The minimum absolute atomic E-state index is 0.0477. The lowest BCUT2D eigenvalue weighted by Gasteiger charge is -2.45. The van der Waals surface area contributed by atoms with E-state index in [2.05, 4.69) is 34.7 Å². The molecule has 2 fully saturated rings. The summed E-state index contributed by atoms with van der Waals surface area (Å²) in [5.41, 5.74) is 2.03. The number of anilines is 1. The predicted molar refractivity (Wildman–Crippen MR) is 159 cm³/mol. The summed E-state index contributed by atoms with van der Waals surface area (Å²) < 4.78 is 48.7. The van der Waals surface area contributed by atoms with Crippen molar-refractivity contribution < 1.29 is 42.1 Å². The maximum atomic E-state index is 12.9. The molecule has 12 heteroatoms. The predicted octanol–water partition coefficient (Wildman–Crippen LogP) is 6.45. The Hall–Kier alpha value is -4.45. The number of alkyl halides is 3. The topological polar surface area (TPSA) is 109 Å². The van der Waals surface area contributed by atoms with E-state index in [1.807, 2.05) is 60.7 Å². The van der Waals surface area contributed by atoms with Gasteiger partial charge >= 0.3 is 18.2 Å². The van der Waals surface area contributed by atoms with Gasteiger partial charge in [-0.1, -0.05) is 30.3 Å². The fraction of sp³-hybridized carbons (Fsp3) is 0.375. The second-order valence-electron chi connectivity index (χ2n) is 10.8. The van der Waals surface area contributed by atoms with Crippen LogP contribution in [0.5, 0.6) is 23.0 Å². The van der Waals surface area contributed by atoms with Crippen LogP contribution in [-0.2, 0) is 10.2 Å². The quantitative estimate of drug-likeness (QED) is 0.281. The lowest BCUT2D eigenvalue weighted by molar-refractivity contribution is -0.192. The highest BCUT2D eigenvalue weighted by atomic mass is 19.4. The van der Waals surface area contributed by atoms with Gasteiger partial charge < -0.3 is 34.9 Å². The Morgan fingerprint density at radius 3 is 2.27 bits per heavy atom. The number of fused-ring (bicyclic) bond motifs is 1. The van der Waals surface area contributed by atoms with Gasteiger partial charge in [-0.3, -0.25) is 0 Å². The zero-order chi connectivity index (χ0) is 31.9. The van der Waals surface area contributed by atoms with E-state index in [0.29, 0.717) is 17.5 Å². The molecule has 0 bridgehead atoms. The number of halogens is 3. The fourth-order valence-corrected chi connectivity index (χ4v) is 6.01. The smallest absolute Gasteiger partial charge is 0.490 e. The third-order valence-electron chi connectivity index (χ3n) is 8.13. The molecule has 5 rings (SSSR count). The molecule has 44 heavy (non-hydrogen) atoms. The largest absolute Gasteiger partial charge is 0.493 e. The van der Waals surface area contributed by atoms with Crippen molar-refractivity contribution >= 4 is 17.7 Å². The van der Waals surface area contributed by atoms with Gasteiger partial charge in [-0.15, -0.1) is 0 Å². The molecule has 3 N–H and O–H groups in total. The number of urea groups is 1. The van der Waals surface area contributed by atoms with Gasteiger partial charge in [0.25, 0.3) is 0 Å². The second kappa shape index (κ2) is 13.9. The van der Waals surface area contributed by atoms with E-state index in [-0.39, 0.29) is 17.5 Å². The van der Waals surface area contributed by atoms with Crippen molar-refractivity contribution in [1.29, 1.82) is 0 Å². The number of hydrogen-bond acceptors (Lipinski definition) is 6. The summed E-state index contributed by atoms with van der Waals surface area (Å²) in [5, 5.41) is 13.3. The van der Waals surface area contributed by atoms with Gasteiger partial charge in [0.05, 0.1) is 14.2 Å². The number of carbonyl (C=O) groups is 2. The average Bonchev–Trinajstić information content (AvgIpc) is 3.34. The fourth-order valence-electron chi connectivity index (χ4n) is 6.01. The molecule has 1 heterocycles. The molecular weight excluding hydrogens is 579 g/mol.